The molecule has 12 nitrogen and oxygen atoms in total. The maximum Gasteiger partial charge on any atom is 0.257 e. The van der Waals surface area contributed by atoms with E-state index in [1.807, 2.05) is 6.92 Å². The Balaban J connectivity index is 1.29. The van der Waals surface area contributed by atoms with Gasteiger partial charge in [0.1, 0.15) is 29.0 Å². The molecule has 270 valence electrons. The van der Waals surface area contributed by atoms with Crippen LogP contribution in [0.1, 0.15) is 55.7 Å². The average Bonchev–Trinajstić information content (AvgIpc) is 3.52. The first-order chi connectivity index (χ1) is 25.1. The molecule has 3 heterocycles. The molecule has 0 saturated carbocycles. The number of benzene rings is 3. The lowest BCUT2D eigenvalue weighted by Crippen LogP contribution is -2.49. The highest BCUT2D eigenvalue weighted by Gasteiger charge is 2.38. The van der Waals surface area contributed by atoms with Gasteiger partial charge in [-0.15, -0.1) is 0 Å². The van der Waals surface area contributed by atoms with Crippen LogP contribution in [0.5, 0.6) is 11.5 Å². The molecule has 0 spiro atoms. The summed E-state index contributed by atoms with van der Waals surface area (Å²) in [6.45, 7) is 1.49. The number of rotatable bonds is 7. The molecular weight excluding hydrogens is 681 g/mol. The summed E-state index contributed by atoms with van der Waals surface area (Å²) in [7, 11) is 0. The van der Waals surface area contributed by atoms with Crippen molar-refractivity contribution in [2.24, 2.45) is 0 Å². The second kappa shape index (κ2) is 16.0. The molecule has 2 aliphatic rings. The molecule has 6 rings (SSSR count). The maximum absolute atomic E-state index is 14.9. The highest BCUT2D eigenvalue weighted by molar-refractivity contribution is 6.01. The van der Waals surface area contributed by atoms with Gasteiger partial charge in [-0.1, -0.05) is 6.92 Å². The molecule has 4 amide bonds. The number of ether oxygens (including phenoxy) is 2. The normalized spacial score (nSPS) is 17.6. The number of fused-ring (bicyclic) bond motifs is 5. The Kier molecular flexibility index (Phi) is 11.1. The molecule has 2 atom stereocenters. The monoisotopic (exact) mass is 716 g/mol. The number of carbonyl (C=O) groups excluding carboxylic acids is 4. The fourth-order valence-electron chi connectivity index (χ4n) is 6.09. The number of hydrogen-bond acceptors (Lipinski definition) is 8. The van der Waals surface area contributed by atoms with Crippen molar-refractivity contribution in [1.82, 2.24) is 30.4 Å². The lowest BCUT2D eigenvalue weighted by Gasteiger charge is -2.25. The van der Waals surface area contributed by atoms with Crippen molar-refractivity contribution in [1.29, 1.82) is 0 Å². The largest absolute Gasteiger partial charge is 0.457 e. The zero-order valence-electron chi connectivity index (χ0n) is 28.1. The van der Waals surface area contributed by atoms with E-state index in [9.17, 15) is 32.3 Å². The molecular formula is C37H35F3N6O6. The van der Waals surface area contributed by atoms with E-state index in [1.165, 1.54) is 40.1 Å². The lowest BCUT2D eigenvalue weighted by molar-refractivity contribution is -0.123. The minimum Gasteiger partial charge on any atom is -0.457 e. The van der Waals surface area contributed by atoms with E-state index in [4.69, 9.17) is 9.47 Å². The van der Waals surface area contributed by atoms with Gasteiger partial charge in [-0.2, -0.15) is 0 Å². The van der Waals surface area contributed by atoms with Crippen molar-refractivity contribution in [3.8, 4) is 11.5 Å². The molecule has 1 aromatic heterocycles. The number of halogens is 3. The Hall–Kier alpha value is -5.83. The van der Waals surface area contributed by atoms with Crippen molar-refractivity contribution < 1.29 is 41.8 Å². The van der Waals surface area contributed by atoms with E-state index < -0.39 is 58.8 Å². The number of nitrogens with one attached hydrogen (secondary N) is 2. The van der Waals surface area contributed by atoms with Crippen LogP contribution in [0.3, 0.4) is 0 Å². The van der Waals surface area contributed by atoms with Gasteiger partial charge in [-0.25, -0.2) is 13.2 Å². The molecule has 1 saturated heterocycles. The van der Waals surface area contributed by atoms with Gasteiger partial charge in [0.05, 0.1) is 36.6 Å². The molecule has 2 N–H and O–H groups in total. The van der Waals surface area contributed by atoms with Crippen LogP contribution in [0.15, 0.2) is 73.2 Å². The Labute approximate surface area is 296 Å². The molecule has 2 aliphatic heterocycles. The smallest absolute Gasteiger partial charge is 0.257 e. The van der Waals surface area contributed by atoms with Crippen molar-refractivity contribution in [3.63, 3.8) is 0 Å². The number of hydrogen-bond donors (Lipinski definition) is 2. The first-order valence-electron chi connectivity index (χ1n) is 16.7. The van der Waals surface area contributed by atoms with Crippen LogP contribution in [-0.4, -0.2) is 88.3 Å². The number of amides is 4. The maximum atomic E-state index is 14.9. The highest BCUT2D eigenvalue weighted by Crippen LogP contribution is 2.28. The Bertz CT molecular complexity index is 1980. The second-order valence-corrected chi connectivity index (χ2v) is 12.4. The predicted molar refractivity (Wildman–Crippen MR) is 180 cm³/mol. The van der Waals surface area contributed by atoms with Gasteiger partial charge in [0.25, 0.3) is 17.7 Å². The minimum absolute atomic E-state index is 0.0533. The third-order valence-electron chi connectivity index (χ3n) is 8.50. The molecule has 4 aromatic rings. The van der Waals surface area contributed by atoms with Gasteiger partial charge in [0.15, 0.2) is 0 Å². The van der Waals surface area contributed by atoms with Gasteiger partial charge >= 0.3 is 0 Å². The summed E-state index contributed by atoms with van der Waals surface area (Å²) in [4.78, 5) is 64.8. The summed E-state index contributed by atoms with van der Waals surface area (Å²) < 4.78 is 55.5. The summed E-state index contributed by atoms with van der Waals surface area (Å²) in [5.74, 6) is -4.67. The number of likely N-dealkylation sites (tertiary alicyclic amines) is 1. The molecule has 0 radical (unpaired) electrons. The fraction of sp³-hybridized carbons (Fsp3) is 0.297. The Morgan fingerprint density at radius 1 is 0.981 bits per heavy atom. The van der Waals surface area contributed by atoms with E-state index in [2.05, 4.69) is 20.6 Å². The summed E-state index contributed by atoms with van der Waals surface area (Å²) in [6, 6.07) is 9.84. The molecule has 4 bridgehead atoms. The number of aromatic nitrogens is 2. The highest BCUT2D eigenvalue weighted by atomic mass is 19.1. The van der Waals surface area contributed by atoms with Crippen LogP contribution in [0.25, 0.3) is 0 Å². The van der Waals surface area contributed by atoms with Gasteiger partial charge in [0, 0.05) is 68.4 Å². The number of nitrogens with zero attached hydrogens (tertiary/aromatic N) is 4. The van der Waals surface area contributed by atoms with Crippen LogP contribution >= 0.6 is 0 Å². The topological polar surface area (TPSA) is 143 Å². The third kappa shape index (κ3) is 8.72. The minimum atomic E-state index is -0.908. The van der Waals surface area contributed by atoms with Crippen molar-refractivity contribution >= 4 is 23.6 Å². The zero-order chi connectivity index (χ0) is 36.8. The Morgan fingerprint density at radius 2 is 1.81 bits per heavy atom. The van der Waals surface area contributed by atoms with Crippen molar-refractivity contribution in [3.05, 3.63) is 119 Å². The van der Waals surface area contributed by atoms with Crippen molar-refractivity contribution in [2.45, 2.75) is 38.5 Å². The summed E-state index contributed by atoms with van der Waals surface area (Å²) in [6.07, 6.45) is 4.74. The molecule has 15 heteroatoms. The third-order valence-corrected chi connectivity index (χ3v) is 8.50. The van der Waals surface area contributed by atoms with E-state index in [0.29, 0.717) is 24.1 Å². The summed E-state index contributed by atoms with van der Waals surface area (Å²) in [5.41, 5.74) is 0.687. The fourth-order valence-corrected chi connectivity index (χ4v) is 6.09. The van der Waals surface area contributed by atoms with Crippen molar-refractivity contribution in [2.75, 3.05) is 32.7 Å². The molecule has 1 fully saturated rings. The summed E-state index contributed by atoms with van der Waals surface area (Å²) in [5, 5.41) is 5.63. The van der Waals surface area contributed by atoms with E-state index in [1.54, 1.807) is 18.6 Å². The van der Waals surface area contributed by atoms with Gasteiger partial charge < -0.3 is 29.9 Å². The van der Waals surface area contributed by atoms with E-state index in [0.717, 1.165) is 24.3 Å². The molecule has 0 unspecified atom stereocenters. The molecule has 52 heavy (non-hydrogen) atoms. The predicted octanol–water partition coefficient (Wildman–Crippen LogP) is 4.05. The van der Waals surface area contributed by atoms with Crippen LogP contribution in [-0.2, 0) is 22.6 Å². The van der Waals surface area contributed by atoms with Crippen LogP contribution < -0.4 is 15.4 Å². The SMILES string of the molecule is CCCN1CC(=O)N[C@@H]2CN(C(=O)c3cc(F)ccc3F)C[C@H]2OCc2cc(F)cc(c2)Oc2cc(C(=O)NCCc3cnccn3)cc(c2)C1=O. The van der Waals surface area contributed by atoms with Crippen LogP contribution in [0, 0.1) is 17.5 Å². The zero-order valence-corrected chi connectivity index (χ0v) is 28.1. The molecule has 3 aromatic carbocycles. The van der Waals surface area contributed by atoms with Gasteiger partial charge in [-0.3, -0.25) is 29.1 Å². The second-order valence-electron chi connectivity index (χ2n) is 12.4. The van der Waals surface area contributed by atoms with Crippen LogP contribution in [0.4, 0.5) is 13.2 Å². The van der Waals surface area contributed by atoms with E-state index >= 15 is 0 Å². The lowest BCUT2D eigenvalue weighted by atomic mass is 10.1. The molecule has 0 aliphatic carbocycles. The van der Waals surface area contributed by atoms with Gasteiger partial charge in [0.2, 0.25) is 5.91 Å². The summed E-state index contributed by atoms with van der Waals surface area (Å²) >= 11 is 0. The van der Waals surface area contributed by atoms with Crippen LogP contribution in [0.2, 0.25) is 0 Å². The average molecular weight is 717 g/mol. The number of carbonyl (C=O) groups is 4. The first kappa shape index (κ1) is 36.0. The van der Waals surface area contributed by atoms with E-state index in [-0.39, 0.29) is 62.0 Å². The Morgan fingerprint density at radius 3 is 2.60 bits per heavy atom. The quantitative estimate of drug-likeness (QED) is 0.292. The van der Waals surface area contributed by atoms with Gasteiger partial charge in [-0.05, 0) is 60.5 Å². The first-order valence-corrected chi connectivity index (χ1v) is 16.7. The standard InChI is InChI=1S/C37H35F3N6O6/c1-2-9-45-20-34(47)44-32-18-46(37(50)30-16-25(38)3-4-31(30)40)19-33(32)51-21-22-10-26(39)15-28(11-22)52-29-13-23(12-24(14-29)36(45)49)35(48)43-6-5-27-17-41-7-8-42-27/h3-4,7-8,10-17,32-33H,2,5-6,9,18-21H2,1H3,(H,43,48)(H,44,47)/t32-,33-/m1/s1.